The molecule has 0 bridgehead atoms. The van der Waals surface area contributed by atoms with Gasteiger partial charge in [0.05, 0.1) is 0 Å². The Morgan fingerprint density at radius 2 is 2.00 bits per heavy atom. The van der Waals surface area contributed by atoms with Crippen LogP contribution in [0, 0.1) is 0 Å². The van der Waals surface area contributed by atoms with Gasteiger partial charge in [-0.05, 0) is 10.7 Å². The van der Waals surface area contributed by atoms with Crippen LogP contribution in [-0.4, -0.2) is 10.5 Å². The first kappa shape index (κ1) is 5.76. The van der Waals surface area contributed by atoms with Crippen LogP contribution in [0.25, 0.3) is 0 Å². The van der Waals surface area contributed by atoms with Crippen molar-refractivity contribution in [2.24, 2.45) is 0 Å². The van der Waals surface area contributed by atoms with E-state index in [2.05, 4.69) is 15.0 Å². The molecule has 0 saturated heterocycles. The van der Waals surface area contributed by atoms with E-state index < -0.39 is 0 Å². The molecule has 0 atom stereocenters. The highest BCUT2D eigenvalue weighted by atomic mass is 17.5. The average molecular weight is 97.0 g/mol. The third kappa shape index (κ3) is 3.76. The Kier molecular flexibility index (Phi) is 4.57. The lowest BCUT2D eigenvalue weighted by Crippen LogP contribution is -2.11. The van der Waals surface area contributed by atoms with E-state index in [0.29, 0.717) is 0 Å². The molecule has 0 aromatic rings. The molecule has 0 aromatic carbocycles. The molecule has 0 aliphatic carbocycles. The van der Waals surface area contributed by atoms with Crippen LogP contribution in [0.1, 0.15) is 0 Å². The number of hydrogen-bond acceptors (Lipinski definition) is 6. The molecule has 0 fully saturated rings. The SMILES string of the molecule is OONOOO. The summed E-state index contributed by atoms with van der Waals surface area (Å²) in [6.45, 7) is 0. The van der Waals surface area contributed by atoms with E-state index in [9.17, 15) is 0 Å². The van der Waals surface area contributed by atoms with Gasteiger partial charge in [-0.1, -0.05) is 4.99 Å². The number of hydrogen-bond donors (Lipinski definition) is 3. The van der Waals surface area contributed by atoms with Crippen molar-refractivity contribution in [1.82, 2.24) is 5.64 Å². The fraction of sp³-hybridized carbons (Fsp3) is 0. The van der Waals surface area contributed by atoms with Crippen LogP contribution in [0.4, 0.5) is 0 Å². The van der Waals surface area contributed by atoms with Crippen molar-refractivity contribution in [3.8, 4) is 0 Å². The molecule has 0 aliphatic heterocycles. The van der Waals surface area contributed by atoms with Crippen LogP contribution >= 0.6 is 0 Å². The van der Waals surface area contributed by atoms with Crippen LogP contribution in [0.5, 0.6) is 0 Å². The van der Waals surface area contributed by atoms with E-state index in [1.165, 1.54) is 5.64 Å². The summed E-state index contributed by atoms with van der Waals surface area (Å²) in [5, 5.41) is 17.4. The summed E-state index contributed by atoms with van der Waals surface area (Å²) >= 11 is 0. The van der Waals surface area contributed by atoms with Crippen molar-refractivity contribution in [2.75, 3.05) is 0 Å². The van der Waals surface area contributed by atoms with Crippen molar-refractivity contribution >= 4 is 0 Å². The van der Waals surface area contributed by atoms with E-state index in [1.54, 1.807) is 0 Å². The predicted octanol–water partition coefficient (Wildman–Crippen LogP) is -0.683. The van der Waals surface area contributed by atoms with Crippen LogP contribution < -0.4 is 5.64 Å². The van der Waals surface area contributed by atoms with E-state index in [-0.39, 0.29) is 0 Å². The van der Waals surface area contributed by atoms with Crippen molar-refractivity contribution in [3.63, 3.8) is 0 Å². The Balaban J connectivity index is 2.34. The maximum absolute atomic E-state index is 7.27. The van der Waals surface area contributed by atoms with E-state index in [0.717, 1.165) is 0 Å². The summed E-state index contributed by atoms with van der Waals surface area (Å²) in [6, 6.07) is 0. The van der Waals surface area contributed by atoms with Crippen molar-refractivity contribution < 1.29 is 25.5 Å². The number of rotatable bonds is 3. The lowest BCUT2D eigenvalue weighted by Gasteiger charge is -1.88. The van der Waals surface area contributed by atoms with Gasteiger partial charge in [-0.25, -0.2) is 10.5 Å². The molecular weight excluding hydrogens is 94.0 g/mol. The summed E-state index contributed by atoms with van der Waals surface area (Å²) in [4.78, 5) is 6.34. The van der Waals surface area contributed by atoms with Gasteiger partial charge in [0.25, 0.3) is 0 Å². The van der Waals surface area contributed by atoms with Gasteiger partial charge in [0, 0.05) is 0 Å². The minimum Gasteiger partial charge on any atom is -0.231 e. The monoisotopic (exact) mass is 97.0 g/mol. The minimum atomic E-state index is 1.28. The molecular formula is H3NO5. The van der Waals surface area contributed by atoms with Crippen molar-refractivity contribution in [2.45, 2.75) is 0 Å². The van der Waals surface area contributed by atoms with Gasteiger partial charge in [-0.2, -0.15) is 0 Å². The third-order valence-corrected chi connectivity index (χ3v) is 0.109. The Bertz CT molecular complexity index is 15.9. The van der Waals surface area contributed by atoms with Gasteiger partial charge in [0.2, 0.25) is 0 Å². The Hall–Kier alpha value is -0.240. The smallest absolute Gasteiger partial charge is 0.0110 e. The Morgan fingerprint density at radius 3 is 2.17 bits per heavy atom. The quantitative estimate of drug-likeness (QED) is 0.246. The fourth-order valence-corrected chi connectivity index (χ4v) is 0.0304. The van der Waals surface area contributed by atoms with Gasteiger partial charge in [-0.15, -0.1) is 4.99 Å². The Labute approximate surface area is 32.5 Å². The van der Waals surface area contributed by atoms with Gasteiger partial charge in [-0.3, -0.25) is 0 Å². The van der Waals surface area contributed by atoms with Crippen molar-refractivity contribution in [1.29, 1.82) is 0 Å². The Morgan fingerprint density at radius 1 is 1.33 bits per heavy atom. The highest BCUT2D eigenvalue weighted by Crippen LogP contribution is 1.57. The van der Waals surface area contributed by atoms with Gasteiger partial charge in [0.15, 0.2) is 0 Å². The zero-order valence-electron chi connectivity index (χ0n) is 2.62. The summed E-state index contributed by atoms with van der Waals surface area (Å²) in [5.74, 6) is 0. The number of nitrogens with one attached hydrogen (secondary N) is 1. The molecule has 0 spiro atoms. The topological polar surface area (TPSA) is 80.2 Å². The standard InChI is InChI=1S/H3NO5/c2-4-1-5-6-3/h1-3H. The molecule has 0 amide bonds. The normalized spacial score (nSPS) is 9.00. The molecule has 0 heterocycles. The van der Waals surface area contributed by atoms with E-state index in [4.69, 9.17) is 10.5 Å². The lowest BCUT2D eigenvalue weighted by molar-refractivity contribution is -0.571. The lowest BCUT2D eigenvalue weighted by atomic mass is 13.2. The molecule has 6 heteroatoms. The molecule has 0 radical (unpaired) electrons. The van der Waals surface area contributed by atoms with Gasteiger partial charge in [0.1, 0.15) is 0 Å². The van der Waals surface area contributed by atoms with Gasteiger partial charge < -0.3 is 0 Å². The molecule has 38 valence electrons. The van der Waals surface area contributed by atoms with Crippen LogP contribution in [-0.2, 0) is 15.0 Å². The molecule has 0 unspecified atom stereocenters. The second-order valence-corrected chi connectivity index (χ2v) is 0.332. The second-order valence-electron chi connectivity index (χ2n) is 0.332. The molecule has 3 N–H and O–H groups in total. The maximum atomic E-state index is 7.27. The molecule has 0 aliphatic rings. The van der Waals surface area contributed by atoms with Crippen LogP contribution in [0.3, 0.4) is 0 Å². The summed E-state index contributed by atoms with van der Waals surface area (Å²) in [6.07, 6.45) is 0. The summed E-state index contributed by atoms with van der Waals surface area (Å²) in [5.41, 5.74) is 1.28. The first-order chi connectivity index (χ1) is 2.91. The highest BCUT2D eigenvalue weighted by molar-refractivity contribution is 3.32. The molecule has 0 aromatic heterocycles. The first-order valence-electron chi connectivity index (χ1n) is 0.940. The van der Waals surface area contributed by atoms with Crippen molar-refractivity contribution in [3.05, 3.63) is 0 Å². The molecule has 6 heavy (non-hydrogen) atoms. The molecule has 6 nitrogen and oxygen atoms in total. The maximum Gasteiger partial charge on any atom is -0.0110 e. The van der Waals surface area contributed by atoms with E-state index >= 15 is 0 Å². The predicted molar refractivity (Wildman–Crippen MR) is 11.6 cm³/mol. The first-order valence-corrected chi connectivity index (χ1v) is 0.940. The molecule has 0 saturated carbocycles. The van der Waals surface area contributed by atoms with E-state index in [1.807, 2.05) is 0 Å². The third-order valence-electron chi connectivity index (χ3n) is 0.109. The molecule has 0 rings (SSSR count). The minimum absolute atomic E-state index is 1.28. The zero-order valence-corrected chi connectivity index (χ0v) is 2.62. The van der Waals surface area contributed by atoms with Gasteiger partial charge >= 0.3 is 0 Å². The van der Waals surface area contributed by atoms with Crippen LogP contribution in [0.2, 0.25) is 0 Å². The highest BCUT2D eigenvalue weighted by Gasteiger charge is 1.73. The summed E-state index contributed by atoms with van der Waals surface area (Å²) in [7, 11) is 0. The largest absolute Gasteiger partial charge is 0.231 e. The fourth-order valence-electron chi connectivity index (χ4n) is 0.0304. The average Bonchev–Trinajstić information content (AvgIpc) is 1.61. The summed E-state index contributed by atoms with van der Waals surface area (Å²) < 4.78 is 0. The zero-order chi connectivity index (χ0) is 4.83. The second kappa shape index (κ2) is 4.76. The van der Waals surface area contributed by atoms with Crippen LogP contribution in [0.15, 0.2) is 0 Å².